The number of halogens is 2. The van der Waals surface area contributed by atoms with Gasteiger partial charge in [0.25, 0.3) is 5.91 Å². The molecule has 1 aromatic rings. The first-order chi connectivity index (χ1) is 10.1. The third-order valence-corrected chi connectivity index (χ3v) is 4.06. The van der Waals surface area contributed by atoms with Crippen LogP contribution in [0.4, 0.5) is 0 Å². The van der Waals surface area contributed by atoms with Gasteiger partial charge in [0.1, 0.15) is 5.54 Å². The monoisotopic (exact) mass is 346 g/mol. The zero-order valence-electron chi connectivity index (χ0n) is 12.3. The van der Waals surface area contributed by atoms with Gasteiger partial charge in [0.2, 0.25) is 5.91 Å². The van der Waals surface area contributed by atoms with Crippen molar-refractivity contribution in [3.05, 3.63) is 33.8 Å². The van der Waals surface area contributed by atoms with E-state index >= 15 is 0 Å². The number of aliphatic carboxylic acids is 1. The van der Waals surface area contributed by atoms with Crippen LogP contribution < -0.4 is 5.32 Å². The highest BCUT2D eigenvalue weighted by Crippen LogP contribution is 2.22. The summed E-state index contributed by atoms with van der Waals surface area (Å²) in [4.78, 5) is 36.0. The van der Waals surface area contributed by atoms with Crippen molar-refractivity contribution in [1.82, 2.24) is 10.2 Å². The topological polar surface area (TPSA) is 86.7 Å². The smallest absolute Gasteiger partial charge is 0.329 e. The van der Waals surface area contributed by atoms with Crippen LogP contribution >= 0.6 is 23.2 Å². The number of hydrogen-bond donors (Lipinski definition) is 2. The number of amides is 2. The summed E-state index contributed by atoms with van der Waals surface area (Å²) < 4.78 is 0. The van der Waals surface area contributed by atoms with Crippen molar-refractivity contribution in [2.75, 3.05) is 13.6 Å². The number of nitrogens with one attached hydrogen (secondary N) is 1. The van der Waals surface area contributed by atoms with Crippen LogP contribution in [-0.4, -0.2) is 46.9 Å². The molecule has 6 nitrogen and oxygen atoms in total. The Bertz CT molecular complexity index is 617. The largest absolute Gasteiger partial charge is 0.480 e. The van der Waals surface area contributed by atoms with Gasteiger partial charge < -0.3 is 15.3 Å². The minimum atomic E-state index is -1.37. The average molecular weight is 347 g/mol. The Morgan fingerprint density at radius 1 is 1.23 bits per heavy atom. The maximum Gasteiger partial charge on any atom is 0.329 e. The molecule has 0 bridgehead atoms. The standard InChI is InChI=1S/C14H16Cl2N2O4/c1-14(2,13(21)22)18(3)11(19)7-17-12(20)8-4-5-9(15)10(16)6-8/h4-6H,7H2,1-3H3,(H,17,20)(H,21,22). The van der Waals surface area contributed by atoms with Gasteiger partial charge in [-0.3, -0.25) is 9.59 Å². The van der Waals surface area contributed by atoms with Gasteiger partial charge in [-0.2, -0.15) is 0 Å². The van der Waals surface area contributed by atoms with Crippen molar-refractivity contribution in [2.45, 2.75) is 19.4 Å². The molecule has 1 aromatic carbocycles. The molecule has 8 heteroatoms. The van der Waals surface area contributed by atoms with E-state index < -0.39 is 23.3 Å². The molecule has 0 heterocycles. The summed E-state index contributed by atoms with van der Waals surface area (Å²) in [6.45, 7) is 2.47. The number of rotatable bonds is 5. The SMILES string of the molecule is CN(C(=O)CNC(=O)c1ccc(Cl)c(Cl)c1)C(C)(C)C(=O)O. The Kier molecular flexibility index (Phi) is 5.79. The fourth-order valence-electron chi connectivity index (χ4n) is 1.47. The number of carbonyl (C=O) groups is 3. The molecule has 0 atom stereocenters. The Morgan fingerprint density at radius 3 is 2.32 bits per heavy atom. The molecule has 1 rings (SSSR count). The quantitative estimate of drug-likeness (QED) is 0.854. The molecule has 0 aromatic heterocycles. The average Bonchev–Trinajstić information content (AvgIpc) is 2.46. The minimum absolute atomic E-state index is 0.227. The molecule has 120 valence electrons. The van der Waals surface area contributed by atoms with Gasteiger partial charge >= 0.3 is 5.97 Å². The van der Waals surface area contributed by atoms with E-state index in [1.54, 1.807) is 0 Å². The van der Waals surface area contributed by atoms with E-state index in [2.05, 4.69) is 5.32 Å². The molecule has 0 aliphatic carbocycles. The van der Waals surface area contributed by atoms with E-state index in [-0.39, 0.29) is 17.1 Å². The number of carbonyl (C=O) groups excluding carboxylic acids is 2. The Labute approximate surface area is 138 Å². The van der Waals surface area contributed by atoms with Crippen molar-refractivity contribution >= 4 is 41.0 Å². The summed E-state index contributed by atoms with van der Waals surface area (Å²) in [7, 11) is 1.36. The summed E-state index contributed by atoms with van der Waals surface area (Å²) >= 11 is 11.6. The van der Waals surface area contributed by atoms with Crippen LogP contribution in [0.15, 0.2) is 18.2 Å². The molecule has 0 fully saturated rings. The predicted octanol–water partition coefficient (Wildman–Crippen LogP) is 2.04. The van der Waals surface area contributed by atoms with Crippen LogP contribution in [0.1, 0.15) is 24.2 Å². The zero-order chi connectivity index (χ0) is 17.1. The summed E-state index contributed by atoms with van der Waals surface area (Å²) in [5.74, 6) is -2.17. The lowest BCUT2D eigenvalue weighted by molar-refractivity contribution is -0.154. The van der Waals surface area contributed by atoms with Crippen molar-refractivity contribution in [3.8, 4) is 0 Å². The molecule has 0 aliphatic heterocycles. The summed E-state index contributed by atoms with van der Waals surface area (Å²) in [6.07, 6.45) is 0. The summed E-state index contributed by atoms with van der Waals surface area (Å²) in [5.41, 5.74) is -1.12. The molecular weight excluding hydrogens is 331 g/mol. The van der Waals surface area contributed by atoms with Gasteiger partial charge in [0, 0.05) is 12.6 Å². The van der Waals surface area contributed by atoms with Crippen LogP contribution in [0.2, 0.25) is 10.0 Å². The zero-order valence-corrected chi connectivity index (χ0v) is 13.8. The first kappa shape index (κ1) is 18.3. The van der Waals surface area contributed by atoms with Crippen LogP contribution in [0.3, 0.4) is 0 Å². The Morgan fingerprint density at radius 2 is 1.82 bits per heavy atom. The molecule has 0 saturated heterocycles. The van der Waals surface area contributed by atoms with Gasteiger partial charge in [0.05, 0.1) is 16.6 Å². The predicted molar refractivity (Wildman–Crippen MR) is 83.3 cm³/mol. The first-order valence-electron chi connectivity index (χ1n) is 6.30. The van der Waals surface area contributed by atoms with Gasteiger partial charge in [-0.05, 0) is 32.0 Å². The Balaban J connectivity index is 2.69. The van der Waals surface area contributed by atoms with Crippen LogP contribution in [0, 0.1) is 0 Å². The highest BCUT2D eigenvalue weighted by molar-refractivity contribution is 6.42. The lowest BCUT2D eigenvalue weighted by Crippen LogP contribution is -2.53. The first-order valence-corrected chi connectivity index (χ1v) is 7.06. The molecular formula is C14H16Cl2N2O4. The highest BCUT2D eigenvalue weighted by Gasteiger charge is 2.35. The number of carboxylic acids is 1. The third kappa shape index (κ3) is 4.11. The molecule has 0 saturated carbocycles. The van der Waals surface area contributed by atoms with E-state index in [0.29, 0.717) is 5.02 Å². The number of hydrogen-bond acceptors (Lipinski definition) is 3. The summed E-state index contributed by atoms with van der Waals surface area (Å²) in [6, 6.07) is 4.33. The molecule has 2 amide bonds. The molecule has 0 aliphatic rings. The molecule has 0 unspecified atom stereocenters. The van der Waals surface area contributed by atoms with Crippen molar-refractivity contribution in [2.24, 2.45) is 0 Å². The van der Waals surface area contributed by atoms with E-state index in [1.165, 1.54) is 39.1 Å². The van der Waals surface area contributed by atoms with Gasteiger partial charge in [-0.1, -0.05) is 23.2 Å². The Hall–Kier alpha value is -1.79. The maximum absolute atomic E-state index is 12.0. The van der Waals surface area contributed by atoms with Gasteiger partial charge in [-0.15, -0.1) is 0 Å². The van der Waals surface area contributed by atoms with Crippen molar-refractivity contribution < 1.29 is 19.5 Å². The third-order valence-electron chi connectivity index (χ3n) is 3.32. The normalized spacial score (nSPS) is 11.0. The number of likely N-dealkylation sites (N-methyl/N-ethyl adjacent to an activating group) is 1. The molecule has 22 heavy (non-hydrogen) atoms. The second-order valence-electron chi connectivity index (χ2n) is 5.13. The van der Waals surface area contributed by atoms with E-state index in [9.17, 15) is 14.4 Å². The van der Waals surface area contributed by atoms with Crippen molar-refractivity contribution in [3.63, 3.8) is 0 Å². The van der Waals surface area contributed by atoms with Crippen LogP contribution in [0.5, 0.6) is 0 Å². The molecule has 0 spiro atoms. The van der Waals surface area contributed by atoms with E-state index in [0.717, 1.165) is 4.90 Å². The molecule has 2 N–H and O–H groups in total. The summed E-state index contributed by atoms with van der Waals surface area (Å²) in [5, 5.41) is 12.0. The lowest BCUT2D eigenvalue weighted by Gasteiger charge is -2.31. The van der Waals surface area contributed by atoms with Gasteiger partial charge in [-0.25, -0.2) is 4.79 Å². The second kappa shape index (κ2) is 6.98. The molecule has 0 radical (unpaired) electrons. The van der Waals surface area contributed by atoms with Crippen LogP contribution in [-0.2, 0) is 9.59 Å². The maximum atomic E-state index is 12.0. The lowest BCUT2D eigenvalue weighted by atomic mass is 10.0. The fourth-order valence-corrected chi connectivity index (χ4v) is 1.77. The second-order valence-corrected chi connectivity index (χ2v) is 5.94. The number of nitrogens with zero attached hydrogens (tertiary/aromatic N) is 1. The van der Waals surface area contributed by atoms with Crippen molar-refractivity contribution in [1.29, 1.82) is 0 Å². The highest BCUT2D eigenvalue weighted by atomic mass is 35.5. The fraction of sp³-hybridized carbons (Fsp3) is 0.357. The number of benzene rings is 1. The van der Waals surface area contributed by atoms with Crippen LogP contribution in [0.25, 0.3) is 0 Å². The van der Waals surface area contributed by atoms with Gasteiger partial charge in [0.15, 0.2) is 0 Å². The van der Waals surface area contributed by atoms with E-state index in [4.69, 9.17) is 28.3 Å². The van der Waals surface area contributed by atoms with E-state index in [1.807, 2.05) is 0 Å². The number of carboxylic acid groups (broad SMARTS) is 1. The minimum Gasteiger partial charge on any atom is -0.480 e.